The highest BCUT2D eigenvalue weighted by Crippen LogP contribution is 2.40. The lowest BCUT2D eigenvalue weighted by atomic mass is 10.1. The first-order valence-electron chi connectivity index (χ1n) is 11.2. The molecule has 9 heteroatoms. The van der Waals surface area contributed by atoms with Gasteiger partial charge in [0.15, 0.2) is 17.5 Å². The van der Waals surface area contributed by atoms with Gasteiger partial charge in [-0.05, 0) is 49.7 Å². The van der Waals surface area contributed by atoms with Crippen LogP contribution in [0.4, 0.5) is 22.1 Å². The average Bonchev–Trinajstić information content (AvgIpc) is 3.46. The summed E-state index contributed by atoms with van der Waals surface area (Å²) in [6.07, 6.45) is 5.97. The van der Waals surface area contributed by atoms with Gasteiger partial charge in [-0.3, -0.25) is 15.2 Å². The highest BCUT2D eigenvalue weighted by Gasteiger charge is 2.40. The topological polar surface area (TPSA) is 100 Å². The van der Waals surface area contributed by atoms with E-state index in [1.54, 1.807) is 36.5 Å². The quantitative estimate of drug-likeness (QED) is 0.489. The molecule has 1 atom stereocenters. The minimum Gasteiger partial charge on any atom is -0.441 e. The van der Waals surface area contributed by atoms with Gasteiger partial charge in [0.05, 0.1) is 23.6 Å². The summed E-state index contributed by atoms with van der Waals surface area (Å²) in [5.74, 6) is 2.32. The van der Waals surface area contributed by atoms with E-state index in [2.05, 4.69) is 31.2 Å². The van der Waals surface area contributed by atoms with Gasteiger partial charge < -0.3 is 9.32 Å². The summed E-state index contributed by atoms with van der Waals surface area (Å²) < 4.78 is 5.61. The fourth-order valence-corrected chi connectivity index (χ4v) is 4.65. The number of oxazole rings is 1. The molecule has 4 aromatic heterocycles. The van der Waals surface area contributed by atoms with Crippen LogP contribution in [0.1, 0.15) is 18.0 Å². The maximum atomic E-state index is 13.5. The molecule has 1 N–H and O–H groups in total. The third-order valence-electron chi connectivity index (χ3n) is 6.26. The Balaban J connectivity index is 1.33. The molecule has 0 radical (unpaired) electrons. The van der Waals surface area contributed by atoms with Crippen LogP contribution < -0.4 is 15.1 Å². The molecule has 1 saturated heterocycles. The van der Waals surface area contributed by atoms with Gasteiger partial charge in [0.1, 0.15) is 5.82 Å². The number of carbonyl (C=O) groups excluding carboxylic acids is 1. The molecule has 6 heterocycles. The van der Waals surface area contributed by atoms with Gasteiger partial charge in [0.2, 0.25) is 0 Å². The van der Waals surface area contributed by atoms with Gasteiger partial charge in [-0.25, -0.2) is 19.7 Å². The van der Waals surface area contributed by atoms with E-state index < -0.39 is 0 Å². The molecule has 0 aromatic carbocycles. The average molecular weight is 454 g/mol. The monoisotopic (exact) mass is 453 g/mol. The molecule has 0 spiro atoms. The van der Waals surface area contributed by atoms with E-state index in [1.807, 2.05) is 31.2 Å². The molecule has 2 bridgehead atoms. The molecular formula is C25H23N7O2. The minimum absolute atomic E-state index is 0.0505. The largest absolute Gasteiger partial charge is 0.441 e. The van der Waals surface area contributed by atoms with E-state index in [-0.39, 0.29) is 12.1 Å². The molecule has 0 aliphatic carbocycles. The van der Waals surface area contributed by atoms with Crippen molar-refractivity contribution in [3.05, 3.63) is 66.6 Å². The highest BCUT2D eigenvalue weighted by molar-refractivity contribution is 6.04. The number of aryl methyl sites for hydroxylation is 2. The third-order valence-corrected chi connectivity index (χ3v) is 6.26. The van der Waals surface area contributed by atoms with E-state index in [0.29, 0.717) is 23.3 Å². The summed E-state index contributed by atoms with van der Waals surface area (Å²) in [7, 11) is 0. The minimum atomic E-state index is -0.248. The summed E-state index contributed by atoms with van der Waals surface area (Å²) in [5.41, 5.74) is 4.47. The molecule has 9 nitrogen and oxygen atoms in total. The van der Waals surface area contributed by atoms with Crippen LogP contribution in [-0.4, -0.2) is 45.1 Å². The van der Waals surface area contributed by atoms with Gasteiger partial charge in [-0.1, -0.05) is 0 Å². The fourth-order valence-electron chi connectivity index (χ4n) is 4.65. The molecule has 4 aromatic rings. The normalized spacial score (nSPS) is 16.5. The maximum absolute atomic E-state index is 13.5. The Morgan fingerprint density at radius 3 is 2.74 bits per heavy atom. The third kappa shape index (κ3) is 3.55. The van der Waals surface area contributed by atoms with Crippen LogP contribution in [-0.2, 0) is 0 Å². The molecule has 1 fully saturated rings. The molecule has 6 rings (SSSR count). The number of hydrogen-bond donors (Lipinski definition) is 1. The van der Waals surface area contributed by atoms with E-state index in [1.165, 1.54) is 0 Å². The standard InChI is InChI=1S/C25H23N7O2/c1-15-11-17(5-8-26-15)20-3-4-21-24(29-20)32(19-7-10-31(21)14-19)25(33)30-23-12-18(6-9-27-23)22-13-28-16(2)34-22/h3-6,8-9,11-13,19H,7,10,14H2,1-2H3,(H,27,30,33)/t19-/m0/s1. The number of nitrogens with zero attached hydrogens (tertiary/aromatic N) is 6. The number of fused-ring (bicyclic) bond motifs is 4. The number of rotatable bonds is 3. The second-order valence-electron chi connectivity index (χ2n) is 8.59. The Labute approximate surface area is 196 Å². The fraction of sp³-hybridized carbons (Fsp3) is 0.240. The number of anilines is 3. The Bertz CT molecular complexity index is 1400. The smallest absolute Gasteiger partial charge is 0.329 e. The van der Waals surface area contributed by atoms with Crippen LogP contribution in [0.5, 0.6) is 0 Å². The van der Waals surface area contributed by atoms with Crippen molar-refractivity contribution >= 4 is 23.4 Å². The zero-order valence-electron chi connectivity index (χ0n) is 18.9. The number of pyridine rings is 3. The first-order chi connectivity index (χ1) is 16.5. The summed E-state index contributed by atoms with van der Waals surface area (Å²) in [6, 6.07) is 11.4. The Morgan fingerprint density at radius 2 is 1.91 bits per heavy atom. The van der Waals surface area contributed by atoms with Crippen LogP contribution in [0.2, 0.25) is 0 Å². The van der Waals surface area contributed by atoms with Gasteiger partial charge in [0.25, 0.3) is 0 Å². The molecule has 2 aliphatic heterocycles. The number of aromatic nitrogens is 4. The molecule has 0 unspecified atom stereocenters. The van der Waals surface area contributed by atoms with Crippen molar-refractivity contribution in [1.82, 2.24) is 19.9 Å². The van der Waals surface area contributed by atoms with Gasteiger partial charge in [-0.15, -0.1) is 0 Å². The first-order valence-corrected chi connectivity index (χ1v) is 11.2. The number of nitrogens with one attached hydrogen (secondary N) is 1. The predicted molar refractivity (Wildman–Crippen MR) is 129 cm³/mol. The summed E-state index contributed by atoms with van der Waals surface area (Å²) in [6.45, 7) is 5.44. The van der Waals surface area contributed by atoms with Crippen LogP contribution >= 0.6 is 0 Å². The van der Waals surface area contributed by atoms with Crippen molar-refractivity contribution in [2.45, 2.75) is 26.3 Å². The molecule has 170 valence electrons. The van der Waals surface area contributed by atoms with Gasteiger partial charge in [-0.2, -0.15) is 0 Å². The lowest BCUT2D eigenvalue weighted by Crippen LogP contribution is -2.48. The van der Waals surface area contributed by atoms with Gasteiger partial charge in [0, 0.05) is 49.2 Å². The Hall–Kier alpha value is -4.27. The summed E-state index contributed by atoms with van der Waals surface area (Å²) >= 11 is 0. The molecule has 2 aliphatic rings. The SMILES string of the molecule is Cc1cc(-c2ccc3c(n2)N(C(=O)Nc2cc(-c4cnc(C)o4)ccn2)[C@H]2CCN3C2)ccn1. The number of hydrogen-bond acceptors (Lipinski definition) is 7. The van der Waals surface area contributed by atoms with Crippen molar-refractivity contribution in [3.8, 4) is 22.6 Å². The molecule has 0 saturated carbocycles. The predicted octanol–water partition coefficient (Wildman–Crippen LogP) is 4.44. The summed E-state index contributed by atoms with van der Waals surface area (Å²) in [4.78, 5) is 35.3. The van der Waals surface area contributed by atoms with Crippen molar-refractivity contribution in [3.63, 3.8) is 0 Å². The van der Waals surface area contributed by atoms with Crippen molar-refractivity contribution in [1.29, 1.82) is 0 Å². The maximum Gasteiger partial charge on any atom is 0.329 e. The number of carbonyl (C=O) groups is 1. The highest BCUT2D eigenvalue weighted by atomic mass is 16.4. The van der Waals surface area contributed by atoms with Crippen LogP contribution in [0, 0.1) is 13.8 Å². The lowest BCUT2D eigenvalue weighted by molar-refractivity contribution is 0.254. The second kappa shape index (κ2) is 7.95. The Morgan fingerprint density at radius 1 is 1.06 bits per heavy atom. The zero-order valence-corrected chi connectivity index (χ0v) is 18.9. The first kappa shape index (κ1) is 20.3. The number of urea groups is 1. The van der Waals surface area contributed by atoms with E-state index in [4.69, 9.17) is 9.40 Å². The van der Waals surface area contributed by atoms with Crippen LogP contribution in [0.15, 0.2) is 59.4 Å². The van der Waals surface area contributed by atoms with E-state index >= 15 is 0 Å². The molecular weight excluding hydrogens is 430 g/mol. The number of amides is 2. The van der Waals surface area contributed by atoms with E-state index in [0.717, 1.165) is 47.7 Å². The van der Waals surface area contributed by atoms with Crippen molar-refractivity contribution < 1.29 is 9.21 Å². The Kier molecular flexibility index (Phi) is 4.75. The van der Waals surface area contributed by atoms with Crippen molar-refractivity contribution in [2.24, 2.45) is 0 Å². The summed E-state index contributed by atoms with van der Waals surface area (Å²) in [5, 5.41) is 2.97. The van der Waals surface area contributed by atoms with Crippen molar-refractivity contribution in [2.75, 3.05) is 28.2 Å². The second-order valence-corrected chi connectivity index (χ2v) is 8.59. The molecule has 34 heavy (non-hydrogen) atoms. The van der Waals surface area contributed by atoms with Crippen LogP contribution in [0.25, 0.3) is 22.6 Å². The zero-order chi connectivity index (χ0) is 23.2. The van der Waals surface area contributed by atoms with Gasteiger partial charge >= 0.3 is 6.03 Å². The van der Waals surface area contributed by atoms with Crippen LogP contribution in [0.3, 0.4) is 0 Å². The molecule has 2 amide bonds. The van der Waals surface area contributed by atoms with E-state index in [9.17, 15) is 4.79 Å². The lowest BCUT2D eigenvalue weighted by Gasteiger charge is -2.35.